The van der Waals surface area contributed by atoms with Gasteiger partial charge in [-0.1, -0.05) is 24.3 Å². The van der Waals surface area contributed by atoms with E-state index in [4.69, 9.17) is 16.3 Å². The van der Waals surface area contributed by atoms with Crippen molar-refractivity contribution in [1.82, 2.24) is 0 Å². The molecule has 0 bridgehead atoms. The Hall–Kier alpha value is -1.02. The zero-order valence-electron chi connectivity index (χ0n) is 7.26. The second-order valence-corrected chi connectivity index (χ2v) is 2.73. The minimum atomic E-state index is -0.362. The normalized spacial score (nSPS) is 10.7. The van der Waals surface area contributed by atoms with Crippen LogP contribution in [0, 0.1) is 5.82 Å². The maximum absolute atomic E-state index is 13.1. The number of benzene rings is 1. The summed E-state index contributed by atoms with van der Waals surface area (Å²) in [6, 6.07) is 4.76. The summed E-state index contributed by atoms with van der Waals surface area (Å²) in [5, 5.41) is 0. The van der Waals surface area contributed by atoms with Gasteiger partial charge in [0, 0.05) is 11.4 Å². The van der Waals surface area contributed by atoms with Gasteiger partial charge >= 0.3 is 0 Å². The van der Waals surface area contributed by atoms with Crippen molar-refractivity contribution in [3.8, 4) is 5.75 Å². The monoisotopic (exact) mass is 200 g/mol. The van der Waals surface area contributed by atoms with Gasteiger partial charge in [0.15, 0.2) is 11.6 Å². The first-order chi connectivity index (χ1) is 6.29. The van der Waals surface area contributed by atoms with Gasteiger partial charge in [-0.05, 0) is 6.07 Å². The van der Waals surface area contributed by atoms with Crippen LogP contribution in [-0.4, -0.2) is 13.0 Å². The first kappa shape index (κ1) is 10.1. The van der Waals surface area contributed by atoms with E-state index in [9.17, 15) is 4.39 Å². The number of methoxy groups -OCH3 is 1. The third-order valence-corrected chi connectivity index (χ3v) is 1.77. The third kappa shape index (κ3) is 2.46. The molecular formula is C10H10ClFO. The zero-order valence-corrected chi connectivity index (χ0v) is 8.01. The molecule has 1 aromatic carbocycles. The van der Waals surface area contributed by atoms with Gasteiger partial charge in [0.1, 0.15) is 0 Å². The van der Waals surface area contributed by atoms with Crippen LogP contribution in [-0.2, 0) is 0 Å². The summed E-state index contributed by atoms with van der Waals surface area (Å²) in [5.41, 5.74) is 0.697. The fourth-order valence-electron chi connectivity index (χ4n) is 1.04. The number of para-hydroxylation sites is 1. The van der Waals surface area contributed by atoms with E-state index >= 15 is 0 Å². The van der Waals surface area contributed by atoms with Gasteiger partial charge in [0.2, 0.25) is 0 Å². The lowest BCUT2D eigenvalue weighted by Crippen LogP contribution is -1.90. The minimum Gasteiger partial charge on any atom is -0.493 e. The smallest absolute Gasteiger partial charge is 0.165 e. The molecule has 0 heterocycles. The third-order valence-electron chi connectivity index (χ3n) is 1.59. The predicted molar refractivity (Wildman–Crippen MR) is 52.7 cm³/mol. The van der Waals surface area contributed by atoms with Crippen molar-refractivity contribution in [2.45, 2.75) is 0 Å². The van der Waals surface area contributed by atoms with Gasteiger partial charge in [0.05, 0.1) is 7.11 Å². The molecule has 1 rings (SSSR count). The number of hydrogen-bond donors (Lipinski definition) is 0. The molecule has 0 fully saturated rings. The van der Waals surface area contributed by atoms with Crippen molar-refractivity contribution in [1.29, 1.82) is 0 Å². The van der Waals surface area contributed by atoms with Gasteiger partial charge in [-0.15, -0.1) is 11.6 Å². The lowest BCUT2D eigenvalue weighted by molar-refractivity contribution is 0.385. The Morgan fingerprint density at radius 1 is 1.54 bits per heavy atom. The molecule has 0 aromatic heterocycles. The van der Waals surface area contributed by atoms with Gasteiger partial charge in [-0.2, -0.15) is 0 Å². The second kappa shape index (κ2) is 4.87. The van der Waals surface area contributed by atoms with Crippen LogP contribution in [0.5, 0.6) is 5.75 Å². The molecule has 1 aromatic rings. The number of alkyl halides is 1. The van der Waals surface area contributed by atoms with E-state index in [1.165, 1.54) is 13.2 Å². The summed E-state index contributed by atoms with van der Waals surface area (Å²) in [6.45, 7) is 0. The molecule has 0 N–H and O–H groups in total. The van der Waals surface area contributed by atoms with E-state index in [1.54, 1.807) is 24.3 Å². The average Bonchev–Trinajstić information content (AvgIpc) is 2.15. The van der Waals surface area contributed by atoms with Crippen molar-refractivity contribution < 1.29 is 9.13 Å². The maximum atomic E-state index is 13.1. The Kier molecular flexibility index (Phi) is 3.77. The Labute approximate surface area is 81.8 Å². The molecule has 70 valence electrons. The highest BCUT2D eigenvalue weighted by atomic mass is 35.5. The summed E-state index contributed by atoms with van der Waals surface area (Å²) < 4.78 is 18.0. The Bertz CT molecular complexity index is 310. The molecule has 0 atom stereocenters. The summed E-state index contributed by atoms with van der Waals surface area (Å²) in [7, 11) is 1.44. The molecule has 0 unspecified atom stereocenters. The first-order valence-electron chi connectivity index (χ1n) is 3.84. The fourth-order valence-corrected chi connectivity index (χ4v) is 1.13. The maximum Gasteiger partial charge on any atom is 0.165 e. The zero-order chi connectivity index (χ0) is 9.68. The topological polar surface area (TPSA) is 9.23 Å². The van der Waals surface area contributed by atoms with Crippen molar-refractivity contribution >= 4 is 17.7 Å². The lowest BCUT2D eigenvalue weighted by Gasteiger charge is -2.04. The molecule has 0 saturated heterocycles. The van der Waals surface area contributed by atoms with Gasteiger partial charge < -0.3 is 4.74 Å². The molecule has 0 aliphatic rings. The van der Waals surface area contributed by atoms with Crippen LogP contribution in [0.4, 0.5) is 4.39 Å². The molecule has 0 spiro atoms. The number of halogens is 2. The molecule has 0 aliphatic heterocycles. The van der Waals surface area contributed by atoms with Gasteiger partial charge in [0.25, 0.3) is 0 Å². The molecule has 0 aliphatic carbocycles. The van der Waals surface area contributed by atoms with E-state index in [0.717, 1.165) is 0 Å². The summed E-state index contributed by atoms with van der Waals surface area (Å²) >= 11 is 5.47. The molecule has 0 amide bonds. The second-order valence-electron chi connectivity index (χ2n) is 2.42. The highest BCUT2D eigenvalue weighted by molar-refractivity contribution is 6.19. The van der Waals surface area contributed by atoms with Crippen molar-refractivity contribution in [2.75, 3.05) is 13.0 Å². The van der Waals surface area contributed by atoms with Crippen LogP contribution in [0.25, 0.3) is 6.08 Å². The van der Waals surface area contributed by atoms with Crippen molar-refractivity contribution in [3.05, 3.63) is 35.7 Å². The summed E-state index contributed by atoms with van der Waals surface area (Å²) in [4.78, 5) is 0. The van der Waals surface area contributed by atoms with Crippen molar-refractivity contribution in [3.63, 3.8) is 0 Å². The van der Waals surface area contributed by atoms with Gasteiger partial charge in [-0.3, -0.25) is 0 Å². The molecule has 0 radical (unpaired) electrons. The standard InChI is InChI=1S/C10H10ClFO/c1-13-10-8(5-3-7-11)4-2-6-9(10)12/h2-6H,7H2,1H3. The van der Waals surface area contributed by atoms with Crippen LogP contribution in [0.2, 0.25) is 0 Å². The van der Waals surface area contributed by atoms with E-state index < -0.39 is 0 Å². The highest BCUT2D eigenvalue weighted by Gasteiger charge is 2.04. The number of rotatable bonds is 3. The number of allylic oxidation sites excluding steroid dienone is 1. The quantitative estimate of drug-likeness (QED) is 0.682. The Morgan fingerprint density at radius 2 is 2.31 bits per heavy atom. The van der Waals surface area contributed by atoms with E-state index in [1.807, 2.05) is 0 Å². The van der Waals surface area contributed by atoms with Crippen molar-refractivity contribution in [2.24, 2.45) is 0 Å². The summed E-state index contributed by atoms with van der Waals surface area (Å²) in [6.07, 6.45) is 3.47. The average molecular weight is 201 g/mol. The Balaban J connectivity index is 3.05. The van der Waals surface area contributed by atoms with Crippen LogP contribution in [0.1, 0.15) is 5.56 Å². The van der Waals surface area contributed by atoms with Crippen LogP contribution in [0.3, 0.4) is 0 Å². The predicted octanol–water partition coefficient (Wildman–Crippen LogP) is 3.09. The fraction of sp³-hybridized carbons (Fsp3) is 0.200. The minimum absolute atomic E-state index is 0.254. The van der Waals surface area contributed by atoms with E-state index in [-0.39, 0.29) is 11.6 Å². The first-order valence-corrected chi connectivity index (χ1v) is 4.38. The largest absolute Gasteiger partial charge is 0.493 e. The summed E-state index contributed by atoms with van der Waals surface area (Å²) in [5.74, 6) is 0.294. The Morgan fingerprint density at radius 3 is 2.92 bits per heavy atom. The molecule has 1 nitrogen and oxygen atoms in total. The lowest BCUT2D eigenvalue weighted by atomic mass is 10.2. The van der Waals surface area contributed by atoms with E-state index in [0.29, 0.717) is 11.4 Å². The SMILES string of the molecule is COc1c(F)cccc1C=CCCl. The van der Waals surface area contributed by atoms with Crippen LogP contribution < -0.4 is 4.74 Å². The number of ether oxygens (including phenoxy) is 1. The van der Waals surface area contributed by atoms with Crippen LogP contribution in [0.15, 0.2) is 24.3 Å². The number of hydrogen-bond acceptors (Lipinski definition) is 1. The molecular weight excluding hydrogens is 191 g/mol. The van der Waals surface area contributed by atoms with E-state index in [2.05, 4.69) is 0 Å². The molecule has 3 heteroatoms. The highest BCUT2D eigenvalue weighted by Crippen LogP contribution is 2.23. The molecule has 0 saturated carbocycles. The molecule has 13 heavy (non-hydrogen) atoms. The van der Waals surface area contributed by atoms with Gasteiger partial charge in [-0.25, -0.2) is 4.39 Å². The van der Waals surface area contributed by atoms with Crippen LogP contribution >= 0.6 is 11.6 Å².